The van der Waals surface area contributed by atoms with Gasteiger partial charge in [0.2, 0.25) is 10.0 Å². The van der Waals surface area contributed by atoms with E-state index in [2.05, 4.69) is 10.0 Å². The van der Waals surface area contributed by atoms with Crippen LogP contribution in [0.2, 0.25) is 0 Å². The minimum atomic E-state index is -3.62. The molecule has 0 saturated heterocycles. The second-order valence-corrected chi connectivity index (χ2v) is 6.40. The van der Waals surface area contributed by atoms with Gasteiger partial charge < -0.3 is 14.8 Å². The molecule has 0 saturated carbocycles. The summed E-state index contributed by atoms with van der Waals surface area (Å²) in [7, 11) is -0.623. The van der Waals surface area contributed by atoms with Crippen molar-refractivity contribution in [3.05, 3.63) is 23.8 Å². The molecule has 0 radical (unpaired) electrons. The highest BCUT2D eigenvalue weighted by Crippen LogP contribution is 2.24. The van der Waals surface area contributed by atoms with Gasteiger partial charge in [-0.05, 0) is 31.2 Å². The van der Waals surface area contributed by atoms with Crippen molar-refractivity contribution in [1.29, 1.82) is 0 Å². The molecule has 0 aromatic heterocycles. The van der Waals surface area contributed by atoms with Gasteiger partial charge in [0.25, 0.3) is 0 Å². The van der Waals surface area contributed by atoms with Crippen molar-refractivity contribution < 1.29 is 17.9 Å². The molecule has 0 amide bonds. The predicted octanol–water partition coefficient (Wildman–Crippen LogP) is 1.12. The van der Waals surface area contributed by atoms with Crippen molar-refractivity contribution in [1.82, 2.24) is 10.0 Å². The number of methoxy groups -OCH3 is 2. The van der Waals surface area contributed by atoms with Crippen molar-refractivity contribution in [3.63, 3.8) is 0 Å². The second-order valence-electron chi connectivity index (χ2n) is 4.66. The van der Waals surface area contributed by atoms with Crippen LogP contribution in [0.3, 0.4) is 0 Å². The molecular weight excluding hydrogens is 292 g/mol. The Hall–Kier alpha value is -1.15. The first-order valence-electron chi connectivity index (χ1n) is 6.84. The number of nitrogens with one attached hydrogen (secondary N) is 2. The molecule has 7 heteroatoms. The molecule has 0 aliphatic heterocycles. The highest BCUT2D eigenvalue weighted by molar-refractivity contribution is 7.89. The molecular formula is C14H24N2O4S. The molecule has 0 aliphatic carbocycles. The molecule has 0 aliphatic rings. The van der Waals surface area contributed by atoms with E-state index in [-0.39, 0.29) is 17.5 Å². The highest BCUT2D eigenvalue weighted by Gasteiger charge is 2.20. The number of ether oxygens (including phenoxy) is 2. The zero-order valence-corrected chi connectivity index (χ0v) is 13.8. The summed E-state index contributed by atoms with van der Waals surface area (Å²) in [5.74, 6) is 0.336. The Morgan fingerprint density at radius 1 is 1.29 bits per heavy atom. The number of sulfonamides is 1. The molecule has 2 N–H and O–H groups in total. The average Bonchev–Trinajstić information content (AvgIpc) is 2.50. The van der Waals surface area contributed by atoms with Crippen LogP contribution in [0.5, 0.6) is 5.75 Å². The predicted molar refractivity (Wildman–Crippen MR) is 82.0 cm³/mol. The van der Waals surface area contributed by atoms with E-state index < -0.39 is 10.0 Å². The Kier molecular flexibility index (Phi) is 7.10. The monoisotopic (exact) mass is 316 g/mol. The van der Waals surface area contributed by atoms with Crippen molar-refractivity contribution in [2.24, 2.45) is 0 Å². The van der Waals surface area contributed by atoms with Crippen LogP contribution in [-0.4, -0.2) is 41.8 Å². The number of hydrogen-bond acceptors (Lipinski definition) is 5. The molecule has 1 rings (SSSR count). The van der Waals surface area contributed by atoms with Crippen LogP contribution in [0, 0.1) is 0 Å². The summed E-state index contributed by atoms with van der Waals surface area (Å²) < 4.78 is 37.3. The lowest BCUT2D eigenvalue weighted by Crippen LogP contribution is -2.31. The van der Waals surface area contributed by atoms with Gasteiger partial charge in [-0.15, -0.1) is 0 Å². The van der Waals surface area contributed by atoms with Gasteiger partial charge in [0, 0.05) is 20.2 Å². The molecule has 6 nitrogen and oxygen atoms in total. The maximum absolute atomic E-state index is 12.3. The maximum Gasteiger partial charge on any atom is 0.244 e. The van der Waals surface area contributed by atoms with Crippen LogP contribution < -0.4 is 14.8 Å². The summed E-state index contributed by atoms with van der Waals surface area (Å²) in [4.78, 5) is 0.133. The first-order chi connectivity index (χ1) is 9.94. The number of benzene rings is 1. The lowest BCUT2D eigenvalue weighted by atomic mass is 10.2. The van der Waals surface area contributed by atoms with Gasteiger partial charge in [-0.3, -0.25) is 0 Å². The van der Waals surface area contributed by atoms with E-state index in [1.807, 2.05) is 6.92 Å². The molecule has 1 aromatic rings. The summed E-state index contributed by atoms with van der Waals surface area (Å²) >= 11 is 0. The Balaban J connectivity index is 2.95. The minimum Gasteiger partial charge on any atom is -0.495 e. The molecule has 1 unspecified atom stereocenters. The van der Waals surface area contributed by atoms with E-state index in [4.69, 9.17) is 9.47 Å². The Morgan fingerprint density at radius 2 is 2.00 bits per heavy atom. The van der Waals surface area contributed by atoms with Gasteiger partial charge in [0.15, 0.2) is 0 Å². The number of rotatable bonds is 9. The van der Waals surface area contributed by atoms with E-state index in [9.17, 15) is 8.42 Å². The fourth-order valence-electron chi connectivity index (χ4n) is 1.70. The van der Waals surface area contributed by atoms with Crippen LogP contribution in [-0.2, 0) is 21.3 Å². The molecule has 120 valence electrons. The third kappa shape index (κ3) is 5.28. The zero-order valence-electron chi connectivity index (χ0n) is 13.0. The van der Waals surface area contributed by atoms with Gasteiger partial charge in [-0.25, -0.2) is 13.1 Å². The summed E-state index contributed by atoms with van der Waals surface area (Å²) in [6.07, 6.45) is -0.196. The minimum absolute atomic E-state index is 0.133. The zero-order chi connectivity index (χ0) is 15.9. The Bertz CT molecular complexity index is 546. The molecule has 21 heavy (non-hydrogen) atoms. The molecule has 0 spiro atoms. The van der Waals surface area contributed by atoms with Crippen LogP contribution in [0.15, 0.2) is 23.1 Å². The van der Waals surface area contributed by atoms with Crippen LogP contribution in [0.1, 0.15) is 19.4 Å². The van der Waals surface area contributed by atoms with Gasteiger partial charge in [0.05, 0.1) is 13.2 Å². The third-order valence-electron chi connectivity index (χ3n) is 3.06. The lowest BCUT2D eigenvalue weighted by Gasteiger charge is -2.14. The normalized spacial score (nSPS) is 13.1. The largest absolute Gasteiger partial charge is 0.495 e. The second kappa shape index (κ2) is 8.33. The SMILES string of the molecule is CCNCc1ccc(S(=O)(=O)NCC(C)OC)c(OC)c1. The van der Waals surface area contributed by atoms with Gasteiger partial charge in [0.1, 0.15) is 10.6 Å². The third-order valence-corrected chi connectivity index (χ3v) is 4.52. The molecule has 0 fully saturated rings. The van der Waals surface area contributed by atoms with E-state index in [1.165, 1.54) is 14.2 Å². The fraction of sp³-hybridized carbons (Fsp3) is 0.571. The van der Waals surface area contributed by atoms with Gasteiger partial charge in [-0.2, -0.15) is 0 Å². The average molecular weight is 316 g/mol. The fourth-order valence-corrected chi connectivity index (χ4v) is 2.97. The van der Waals surface area contributed by atoms with Crippen molar-refractivity contribution in [3.8, 4) is 5.75 Å². The van der Waals surface area contributed by atoms with E-state index >= 15 is 0 Å². The lowest BCUT2D eigenvalue weighted by molar-refractivity contribution is 0.122. The molecule has 1 aromatic carbocycles. The van der Waals surface area contributed by atoms with Crippen LogP contribution in [0.25, 0.3) is 0 Å². The van der Waals surface area contributed by atoms with E-state index in [0.29, 0.717) is 12.3 Å². The molecule has 1 atom stereocenters. The van der Waals surface area contributed by atoms with Crippen LogP contribution in [0.4, 0.5) is 0 Å². The maximum atomic E-state index is 12.3. The first-order valence-corrected chi connectivity index (χ1v) is 8.33. The van der Waals surface area contributed by atoms with Gasteiger partial charge >= 0.3 is 0 Å². The topological polar surface area (TPSA) is 76.7 Å². The smallest absolute Gasteiger partial charge is 0.244 e. The first kappa shape index (κ1) is 17.9. The quantitative estimate of drug-likeness (QED) is 0.714. The summed E-state index contributed by atoms with van der Waals surface area (Å²) in [5, 5.41) is 3.18. The summed E-state index contributed by atoms with van der Waals surface area (Å²) in [6, 6.07) is 5.07. The Morgan fingerprint density at radius 3 is 2.57 bits per heavy atom. The van der Waals surface area contributed by atoms with Gasteiger partial charge in [-0.1, -0.05) is 13.0 Å². The molecule has 0 heterocycles. The van der Waals surface area contributed by atoms with Crippen LogP contribution >= 0.6 is 0 Å². The van der Waals surface area contributed by atoms with Crippen molar-refractivity contribution >= 4 is 10.0 Å². The summed E-state index contributed by atoms with van der Waals surface area (Å²) in [6.45, 7) is 5.53. The molecule has 0 bridgehead atoms. The van der Waals surface area contributed by atoms with E-state index in [0.717, 1.165) is 12.1 Å². The van der Waals surface area contributed by atoms with Crippen molar-refractivity contribution in [2.45, 2.75) is 31.4 Å². The standard InChI is InChI=1S/C14H24N2O4S/c1-5-15-10-12-6-7-14(13(8-12)20-4)21(17,18)16-9-11(2)19-3/h6-8,11,15-16H,5,9-10H2,1-4H3. The number of hydrogen-bond donors (Lipinski definition) is 2. The van der Waals surface area contributed by atoms with Crippen molar-refractivity contribution in [2.75, 3.05) is 27.3 Å². The summed E-state index contributed by atoms with van der Waals surface area (Å²) in [5.41, 5.74) is 0.970. The highest BCUT2D eigenvalue weighted by atomic mass is 32.2. The van der Waals surface area contributed by atoms with E-state index in [1.54, 1.807) is 25.1 Å². The Labute approximate surface area is 126 Å².